The van der Waals surface area contributed by atoms with Gasteiger partial charge in [-0.15, -0.1) is 0 Å². The molecule has 0 bridgehead atoms. The van der Waals surface area contributed by atoms with Crippen LogP contribution in [0.3, 0.4) is 0 Å². The summed E-state index contributed by atoms with van der Waals surface area (Å²) in [6, 6.07) is 5.33. The molecule has 5 heteroatoms. The molecule has 0 unspecified atom stereocenters. The Bertz CT molecular complexity index is 414. The van der Waals surface area contributed by atoms with E-state index in [1.54, 1.807) is 19.1 Å². The van der Waals surface area contributed by atoms with Crippen molar-refractivity contribution in [2.24, 2.45) is 0 Å². The molecule has 0 saturated heterocycles. The van der Waals surface area contributed by atoms with E-state index < -0.39 is 10.0 Å². The van der Waals surface area contributed by atoms with Crippen molar-refractivity contribution in [3.05, 3.63) is 27.3 Å². The first-order valence-electron chi connectivity index (χ1n) is 3.67. The second-order valence-corrected chi connectivity index (χ2v) is 5.72. The summed E-state index contributed by atoms with van der Waals surface area (Å²) in [5.41, 5.74) is 0.759. The van der Waals surface area contributed by atoms with Crippen molar-refractivity contribution in [2.45, 2.75) is 11.8 Å². The van der Waals surface area contributed by atoms with Crippen LogP contribution in [0, 0.1) is 10.5 Å². The van der Waals surface area contributed by atoms with Gasteiger partial charge in [0.05, 0.1) is 4.90 Å². The Morgan fingerprint density at radius 1 is 1.38 bits per heavy atom. The lowest BCUT2D eigenvalue weighted by Gasteiger charge is -2.06. The van der Waals surface area contributed by atoms with E-state index in [1.807, 2.05) is 6.07 Å². The molecule has 1 N–H and O–H groups in total. The predicted octanol–water partition coefficient (Wildman–Crippen LogP) is 1.51. The molecule has 0 amide bonds. The highest BCUT2D eigenvalue weighted by Gasteiger charge is 2.13. The van der Waals surface area contributed by atoms with E-state index in [0.29, 0.717) is 4.90 Å². The smallest absolute Gasteiger partial charge is 0.214 e. The number of nitrogens with one attached hydrogen (secondary N) is 1. The molecule has 0 aliphatic rings. The molecule has 0 atom stereocenters. The molecule has 13 heavy (non-hydrogen) atoms. The molecule has 0 fully saturated rings. The first-order chi connectivity index (χ1) is 5.97. The van der Waals surface area contributed by atoms with Gasteiger partial charge in [0, 0.05) is 3.57 Å². The molecule has 1 aromatic carbocycles. The summed E-state index contributed by atoms with van der Waals surface area (Å²) in [7, 11) is -1.89. The summed E-state index contributed by atoms with van der Waals surface area (Å²) in [4.78, 5) is 0.349. The van der Waals surface area contributed by atoms with E-state index >= 15 is 0 Å². The van der Waals surface area contributed by atoms with Crippen LogP contribution in [0.5, 0.6) is 0 Å². The van der Waals surface area contributed by atoms with Crippen molar-refractivity contribution in [1.29, 1.82) is 0 Å². The molecule has 0 spiro atoms. The Kier molecular flexibility index (Phi) is 3.31. The molecule has 0 aliphatic carbocycles. The van der Waals surface area contributed by atoms with Gasteiger partial charge in [0.15, 0.2) is 0 Å². The first kappa shape index (κ1) is 10.9. The minimum Gasteiger partial charge on any atom is -0.214 e. The van der Waals surface area contributed by atoms with E-state index in [0.717, 1.165) is 9.13 Å². The highest BCUT2D eigenvalue weighted by molar-refractivity contribution is 14.1. The van der Waals surface area contributed by atoms with Crippen LogP contribution in [-0.4, -0.2) is 15.5 Å². The van der Waals surface area contributed by atoms with E-state index in [2.05, 4.69) is 27.3 Å². The van der Waals surface area contributed by atoms with Crippen LogP contribution in [0.25, 0.3) is 0 Å². The van der Waals surface area contributed by atoms with Crippen molar-refractivity contribution < 1.29 is 8.42 Å². The van der Waals surface area contributed by atoms with Gasteiger partial charge in [-0.3, -0.25) is 0 Å². The minimum absolute atomic E-state index is 0.349. The van der Waals surface area contributed by atoms with Crippen molar-refractivity contribution in [1.82, 2.24) is 4.72 Å². The van der Waals surface area contributed by atoms with Gasteiger partial charge in [-0.25, -0.2) is 13.1 Å². The van der Waals surface area contributed by atoms with E-state index in [-0.39, 0.29) is 0 Å². The average molecular weight is 311 g/mol. The van der Waals surface area contributed by atoms with Gasteiger partial charge in [-0.1, -0.05) is 6.07 Å². The van der Waals surface area contributed by atoms with Gasteiger partial charge in [0.1, 0.15) is 0 Å². The maximum atomic E-state index is 11.5. The number of hydrogen-bond donors (Lipinski definition) is 1. The predicted molar refractivity (Wildman–Crippen MR) is 60.1 cm³/mol. The van der Waals surface area contributed by atoms with E-state index in [4.69, 9.17) is 0 Å². The van der Waals surface area contributed by atoms with Crippen molar-refractivity contribution in [2.75, 3.05) is 7.05 Å². The molecule has 0 aliphatic heterocycles. The molecule has 0 radical (unpaired) electrons. The van der Waals surface area contributed by atoms with Crippen molar-refractivity contribution >= 4 is 32.6 Å². The number of halogens is 1. The Labute approximate surface area is 91.7 Å². The number of sulfonamides is 1. The van der Waals surface area contributed by atoms with Crippen LogP contribution in [0.2, 0.25) is 0 Å². The standard InChI is InChI=1S/C8H10INO2S/c1-6-3-4-7(9)5-8(6)13(11,12)10-2/h3-5,10H,1-2H3. The average Bonchev–Trinajstić information content (AvgIpc) is 2.09. The third-order valence-electron chi connectivity index (χ3n) is 1.71. The quantitative estimate of drug-likeness (QED) is 0.842. The van der Waals surface area contributed by atoms with Crippen LogP contribution in [0.15, 0.2) is 23.1 Å². The highest BCUT2D eigenvalue weighted by atomic mass is 127. The zero-order valence-corrected chi connectivity index (χ0v) is 10.3. The Morgan fingerprint density at radius 3 is 2.54 bits per heavy atom. The highest BCUT2D eigenvalue weighted by Crippen LogP contribution is 2.17. The number of aryl methyl sites for hydroxylation is 1. The molecular formula is C8H10INO2S. The van der Waals surface area contributed by atoms with E-state index in [1.165, 1.54) is 7.05 Å². The summed E-state index contributed by atoms with van der Waals surface area (Å²) < 4.78 is 26.1. The fourth-order valence-corrected chi connectivity index (χ4v) is 2.67. The van der Waals surface area contributed by atoms with Gasteiger partial charge in [-0.2, -0.15) is 0 Å². The third kappa shape index (κ3) is 2.41. The molecule has 1 rings (SSSR count). The molecular weight excluding hydrogens is 301 g/mol. The summed E-state index contributed by atoms with van der Waals surface area (Å²) >= 11 is 2.09. The molecule has 0 heterocycles. The van der Waals surface area contributed by atoms with Gasteiger partial charge < -0.3 is 0 Å². The second kappa shape index (κ2) is 3.93. The maximum absolute atomic E-state index is 11.5. The topological polar surface area (TPSA) is 46.2 Å². The molecule has 3 nitrogen and oxygen atoms in total. The van der Waals surface area contributed by atoms with Crippen LogP contribution in [-0.2, 0) is 10.0 Å². The lowest BCUT2D eigenvalue weighted by molar-refractivity contribution is 0.587. The SMILES string of the molecule is CNS(=O)(=O)c1cc(I)ccc1C. The van der Waals surface area contributed by atoms with Gasteiger partial charge in [0.2, 0.25) is 10.0 Å². The zero-order chi connectivity index (χ0) is 10.1. The Balaban J connectivity index is 3.38. The lowest BCUT2D eigenvalue weighted by atomic mass is 10.2. The monoisotopic (exact) mass is 311 g/mol. The minimum atomic E-state index is -3.31. The van der Waals surface area contributed by atoms with Crippen LogP contribution < -0.4 is 4.72 Å². The largest absolute Gasteiger partial charge is 0.240 e. The molecule has 0 aromatic heterocycles. The summed E-state index contributed by atoms with van der Waals surface area (Å²) in [5, 5.41) is 0. The number of hydrogen-bond acceptors (Lipinski definition) is 2. The van der Waals surface area contributed by atoms with Gasteiger partial charge in [0.25, 0.3) is 0 Å². The van der Waals surface area contributed by atoms with Crippen LogP contribution in [0.4, 0.5) is 0 Å². The first-order valence-corrected chi connectivity index (χ1v) is 6.23. The fourth-order valence-electron chi connectivity index (χ4n) is 0.973. The van der Waals surface area contributed by atoms with Crippen LogP contribution >= 0.6 is 22.6 Å². The lowest BCUT2D eigenvalue weighted by Crippen LogP contribution is -2.19. The molecule has 1 aromatic rings. The number of benzene rings is 1. The molecule has 0 saturated carbocycles. The summed E-state index contributed by atoms with van der Waals surface area (Å²) in [5.74, 6) is 0. The maximum Gasteiger partial charge on any atom is 0.240 e. The Morgan fingerprint density at radius 2 is 2.00 bits per heavy atom. The van der Waals surface area contributed by atoms with Gasteiger partial charge >= 0.3 is 0 Å². The van der Waals surface area contributed by atoms with Crippen LogP contribution in [0.1, 0.15) is 5.56 Å². The summed E-state index contributed by atoms with van der Waals surface area (Å²) in [6.45, 7) is 1.78. The summed E-state index contributed by atoms with van der Waals surface area (Å²) in [6.07, 6.45) is 0. The second-order valence-electron chi connectivity index (χ2n) is 2.62. The zero-order valence-electron chi connectivity index (χ0n) is 7.33. The molecule has 72 valence electrons. The fraction of sp³-hybridized carbons (Fsp3) is 0.250. The normalized spacial score (nSPS) is 11.6. The van der Waals surface area contributed by atoms with Crippen molar-refractivity contribution in [3.8, 4) is 0 Å². The van der Waals surface area contributed by atoms with E-state index in [9.17, 15) is 8.42 Å². The Hall–Kier alpha value is -0.140. The third-order valence-corrected chi connectivity index (χ3v) is 3.94. The van der Waals surface area contributed by atoms with Crippen molar-refractivity contribution in [3.63, 3.8) is 0 Å². The number of rotatable bonds is 2. The van der Waals surface area contributed by atoms with Gasteiger partial charge in [-0.05, 0) is 54.3 Å².